The minimum absolute atomic E-state index is 0.126. The molecule has 0 spiro atoms. The molecular formula is C10H16O2. The summed E-state index contributed by atoms with van der Waals surface area (Å²) in [5, 5.41) is 19.5. The van der Waals surface area contributed by atoms with E-state index in [-0.39, 0.29) is 11.0 Å². The van der Waals surface area contributed by atoms with Crippen LogP contribution < -0.4 is 0 Å². The molecule has 4 atom stereocenters. The van der Waals surface area contributed by atoms with Crippen molar-refractivity contribution < 1.29 is 10.2 Å². The van der Waals surface area contributed by atoms with Crippen LogP contribution in [0.1, 0.15) is 32.1 Å². The second-order valence-electron chi connectivity index (χ2n) is 5.35. The molecule has 68 valence electrons. The molecule has 0 aromatic rings. The number of aliphatic hydroxyl groups is 2. The normalized spacial score (nSPS) is 61.5. The van der Waals surface area contributed by atoms with Gasteiger partial charge in [-0.3, -0.25) is 0 Å². The molecule has 2 N–H and O–H groups in total. The molecule has 0 amide bonds. The van der Waals surface area contributed by atoms with Gasteiger partial charge in [-0.1, -0.05) is 0 Å². The maximum Gasteiger partial charge on any atom is 0.0684 e. The fraction of sp³-hybridized carbons (Fsp3) is 1.00. The van der Waals surface area contributed by atoms with Gasteiger partial charge in [-0.25, -0.2) is 0 Å². The molecule has 4 fully saturated rings. The van der Waals surface area contributed by atoms with Crippen molar-refractivity contribution in [3.8, 4) is 0 Å². The van der Waals surface area contributed by atoms with Crippen LogP contribution in [0.2, 0.25) is 0 Å². The van der Waals surface area contributed by atoms with Crippen LogP contribution in [0.5, 0.6) is 0 Å². The summed E-state index contributed by atoms with van der Waals surface area (Å²) in [5.41, 5.74) is -0.244. The van der Waals surface area contributed by atoms with Crippen molar-refractivity contribution in [1.29, 1.82) is 0 Å². The quantitative estimate of drug-likeness (QED) is 0.611. The third kappa shape index (κ3) is 0.686. The van der Waals surface area contributed by atoms with Crippen molar-refractivity contribution in [2.45, 2.75) is 37.7 Å². The second-order valence-corrected chi connectivity index (χ2v) is 5.35. The lowest BCUT2D eigenvalue weighted by molar-refractivity contribution is -0.0189. The van der Waals surface area contributed by atoms with Crippen molar-refractivity contribution >= 4 is 0 Å². The summed E-state index contributed by atoms with van der Waals surface area (Å²) in [4.78, 5) is 0. The van der Waals surface area contributed by atoms with E-state index in [0.29, 0.717) is 12.5 Å². The van der Waals surface area contributed by atoms with Gasteiger partial charge in [-0.05, 0) is 49.4 Å². The molecule has 0 heterocycles. The van der Waals surface area contributed by atoms with Gasteiger partial charge in [0.15, 0.2) is 0 Å². The molecule has 0 aromatic carbocycles. The van der Waals surface area contributed by atoms with Crippen LogP contribution >= 0.6 is 0 Å². The second kappa shape index (κ2) is 1.88. The molecule has 0 aliphatic heterocycles. The minimum atomic E-state index is -0.369. The first-order chi connectivity index (χ1) is 5.66. The number of rotatable bonds is 1. The molecule has 4 saturated carbocycles. The molecule has 4 unspecified atom stereocenters. The van der Waals surface area contributed by atoms with Crippen LogP contribution in [0.25, 0.3) is 0 Å². The first-order valence-electron chi connectivity index (χ1n) is 4.99. The summed E-state index contributed by atoms with van der Waals surface area (Å²) in [5.74, 6) is 1.23. The molecule has 12 heavy (non-hydrogen) atoms. The number of aliphatic hydroxyl groups excluding tert-OH is 1. The Labute approximate surface area is 72.6 Å². The summed E-state index contributed by atoms with van der Waals surface area (Å²) in [7, 11) is 0. The highest BCUT2D eigenvalue weighted by Gasteiger charge is 2.63. The Balaban J connectivity index is 1.99. The Morgan fingerprint density at radius 2 is 2.08 bits per heavy atom. The fourth-order valence-corrected chi connectivity index (χ4v) is 4.21. The monoisotopic (exact) mass is 168 g/mol. The van der Waals surface area contributed by atoms with Gasteiger partial charge < -0.3 is 10.2 Å². The molecule has 4 bridgehead atoms. The highest BCUT2D eigenvalue weighted by molar-refractivity contribution is 5.13. The maximum absolute atomic E-state index is 10.2. The molecule has 2 heteroatoms. The Bertz CT molecular complexity index is 228. The van der Waals surface area contributed by atoms with Crippen LogP contribution in [0.4, 0.5) is 0 Å². The van der Waals surface area contributed by atoms with E-state index in [4.69, 9.17) is 0 Å². The van der Waals surface area contributed by atoms with Crippen molar-refractivity contribution in [2.24, 2.45) is 17.3 Å². The van der Waals surface area contributed by atoms with E-state index in [9.17, 15) is 10.2 Å². The van der Waals surface area contributed by atoms with Gasteiger partial charge in [0.25, 0.3) is 0 Å². The molecule has 4 aliphatic rings. The minimum Gasteiger partial charge on any atom is -0.396 e. The van der Waals surface area contributed by atoms with Crippen molar-refractivity contribution in [2.75, 3.05) is 6.61 Å². The summed E-state index contributed by atoms with van der Waals surface area (Å²) < 4.78 is 0. The van der Waals surface area contributed by atoms with Gasteiger partial charge >= 0.3 is 0 Å². The lowest BCUT2D eigenvalue weighted by atomic mass is 9.70. The topological polar surface area (TPSA) is 40.5 Å². The predicted octanol–water partition coefficient (Wildman–Crippen LogP) is 0.920. The zero-order valence-corrected chi connectivity index (χ0v) is 7.29. The van der Waals surface area contributed by atoms with Crippen LogP contribution in [0.3, 0.4) is 0 Å². The van der Waals surface area contributed by atoms with Crippen LogP contribution in [0, 0.1) is 17.3 Å². The molecule has 0 aromatic heterocycles. The van der Waals surface area contributed by atoms with E-state index >= 15 is 0 Å². The predicted molar refractivity (Wildman–Crippen MR) is 44.5 cm³/mol. The summed E-state index contributed by atoms with van der Waals surface area (Å²) in [6, 6.07) is 0. The van der Waals surface area contributed by atoms with Crippen molar-refractivity contribution in [3.05, 3.63) is 0 Å². The molecule has 4 rings (SSSR count). The average molecular weight is 168 g/mol. The third-order valence-electron chi connectivity index (χ3n) is 4.44. The van der Waals surface area contributed by atoms with E-state index in [0.717, 1.165) is 25.2 Å². The van der Waals surface area contributed by atoms with Gasteiger partial charge in [0.05, 0.1) is 5.60 Å². The first kappa shape index (κ1) is 7.34. The van der Waals surface area contributed by atoms with Crippen molar-refractivity contribution in [1.82, 2.24) is 0 Å². The highest BCUT2D eigenvalue weighted by atomic mass is 16.3. The van der Waals surface area contributed by atoms with Gasteiger partial charge in [0, 0.05) is 6.61 Å². The van der Waals surface area contributed by atoms with Crippen LogP contribution in [-0.2, 0) is 0 Å². The molecule has 4 aliphatic carbocycles. The van der Waals surface area contributed by atoms with Crippen molar-refractivity contribution in [3.63, 3.8) is 0 Å². The van der Waals surface area contributed by atoms with E-state index in [1.807, 2.05) is 0 Å². The molecule has 0 radical (unpaired) electrons. The highest BCUT2D eigenvalue weighted by Crippen LogP contribution is 2.65. The van der Waals surface area contributed by atoms with E-state index < -0.39 is 0 Å². The summed E-state index contributed by atoms with van der Waals surface area (Å²) in [6.45, 7) is 0.294. The van der Waals surface area contributed by atoms with Crippen LogP contribution in [0.15, 0.2) is 0 Å². The van der Waals surface area contributed by atoms with Gasteiger partial charge in [-0.2, -0.15) is 0 Å². The number of hydrogen-bond donors (Lipinski definition) is 2. The largest absolute Gasteiger partial charge is 0.396 e. The van der Waals surface area contributed by atoms with Crippen LogP contribution in [-0.4, -0.2) is 22.4 Å². The van der Waals surface area contributed by atoms with E-state index in [2.05, 4.69) is 0 Å². The number of hydrogen-bond acceptors (Lipinski definition) is 2. The molecular weight excluding hydrogens is 152 g/mol. The lowest BCUT2D eigenvalue weighted by Gasteiger charge is -2.37. The Morgan fingerprint density at radius 1 is 1.25 bits per heavy atom. The third-order valence-corrected chi connectivity index (χ3v) is 4.44. The molecule has 2 nitrogen and oxygen atoms in total. The first-order valence-corrected chi connectivity index (χ1v) is 4.99. The average Bonchev–Trinajstić information content (AvgIpc) is 2.33. The summed E-state index contributed by atoms with van der Waals surface area (Å²) >= 11 is 0. The molecule has 0 saturated heterocycles. The standard InChI is InChI=1S/C10H16O2/c11-6-9-2-7-1-8(4-9)10(12,3-7)5-9/h7-8,11-12H,1-6H2. The SMILES string of the molecule is OCC12CC3CC(C1)C(O)(C3)C2. The van der Waals surface area contributed by atoms with E-state index in [1.54, 1.807) is 0 Å². The Kier molecular flexibility index (Phi) is 1.15. The Morgan fingerprint density at radius 3 is 2.67 bits per heavy atom. The smallest absolute Gasteiger partial charge is 0.0684 e. The zero-order valence-electron chi connectivity index (χ0n) is 7.29. The fourth-order valence-electron chi connectivity index (χ4n) is 4.21. The maximum atomic E-state index is 10.2. The van der Waals surface area contributed by atoms with E-state index in [1.165, 1.54) is 12.8 Å². The Hall–Kier alpha value is -0.0800. The zero-order chi connectivity index (χ0) is 8.40. The lowest BCUT2D eigenvalue weighted by Crippen LogP contribution is -2.36. The van der Waals surface area contributed by atoms with Gasteiger partial charge in [-0.15, -0.1) is 0 Å². The summed E-state index contributed by atoms with van der Waals surface area (Å²) in [6.07, 6.45) is 5.36. The van der Waals surface area contributed by atoms with Gasteiger partial charge in [0.1, 0.15) is 0 Å². The van der Waals surface area contributed by atoms with Gasteiger partial charge in [0.2, 0.25) is 0 Å².